The summed E-state index contributed by atoms with van der Waals surface area (Å²) in [4.78, 5) is 11.8. The molecule has 0 bridgehead atoms. The van der Waals surface area contributed by atoms with E-state index in [1.165, 1.54) is 0 Å². The van der Waals surface area contributed by atoms with E-state index in [-0.39, 0.29) is 12.5 Å². The van der Waals surface area contributed by atoms with Gasteiger partial charge in [-0.25, -0.2) is 5.43 Å². The summed E-state index contributed by atoms with van der Waals surface area (Å²) in [7, 11) is 1.63. The largest absolute Gasteiger partial charge is 0.497 e. The van der Waals surface area contributed by atoms with Gasteiger partial charge in [0.25, 0.3) is 5.91 Å². The van der Waals surface area contributed by atoms with E-state index in [9.17, 15) is 4.79 Å². The molecular formula is C20H18ClN3O3. The molecule has 0 aliphatic carbocycles. The summed E-state index contributed by atoms with van der Waals surface area (Å²) < 4.78 is 12.4. The monoisotopic (exact) mass is 383 g/mol. The Morgan fingerprint density at radius 3 is 2.70 bits per heavy atom. The van der Waals surface area contributed by atoms with Crippen LogP contribution in [-0.4, -0.2) is 30.4 Å². The van der Waals surface area contributed by atoms with Crippen LogP contribution in [0.15, 0.2) is 72.1 Å². The second-order valence-corrected chi connectivity index (χ2v) is 5.97. The van der Waals surface area contributed by atoms with Crippen molar-refractivity contribution in [3.63, 3.8) is 0 Å². The number of halogens is 1. The smallest absolute Gasteiger partial charge is 0.277 e. The molecule has 0 fully saturated rings. The summed E-state index contributed by atoms with van der Waals surface area (Å²) in [5.41, 5.74) is 4.26. The molecule has 0 aliphatic rings. The summed E-state index contributed by atoms with van der Waals surface area (Å²) in [6.07, 6.45) is 5.37. The van der Waals surface area contributed by atoms with Gasteiger partial charge < -0.3 is 14.0 Å². The highest BCUT2D eigenvalue weighted by Crippen LogP contribution is 2.22. The van der Waals surface area contributed by atoms with Gasteiger partial charge in [-0.2, -0.15) is 5.10 Å². The molecule has 27 heavy (non-hydrogen) atoms. The van der Waals surface area contributed by atoms with Crippen molar-refractivity contribution in [2.24, 2.45) is 5.10 Å². The first kappa shape index (κ1) is 18.5. The molecule has 0 atom stereocenters. The zero-order valence-corrected chi connectivity index (χ0v) is 15.4. The Morgan fingerprint density at radius 1 is 1.19 bits per heavy atom. The van der Waals surface area contributed by atoms with Crippen molar-refractivity contribution in [2.75, 3.05) is 13.7 Å². The molecule has 0 radical (unpaired) electrons. The third-order valence-electron chi connectivity index (χ3n) is 3.68. The number of hydrogen-bond acceptors (Lipinski definition) is 4. The maximum absolute atomic E-state index is 11.8. The zero-order chi connectivity index (χ0) is 19.1. The third-order valence-corrected chi connectivity index (χ3v) is 4.00. The number of nitrogens with one attached hydrogen (secondary N) is 1. The molecule has 7 heteroatoms. The van der Waals surface area contributed by atoms with Gasteiger partial charge in [0.2, 0.25) is 0 Å². The number of amides is 1. The lowest BCUT2D eigenvalue weighted by molar-refractivity contribution is -0.123. The first-order valence-corrected chi connectivity index (χ1v) is 8.55. The fourth-order valence-corrected chi connectivity index (χ4v) is 2.51. The van der Waals surface area contributed by atoms with Gasteiger partial charge in [-0.3, -0.25) is 4.79 Å². The number of benzene rings is 2. The van der Waals surface area contributed by atoms with Crippen LogP contribution in [0.4, 0.5) is 0 Å². The van der Waals surface area contributed by atoms with Gasteiger partial charge in [0.15, 0.2) is 6.61 Å². The molecule has 0 saturated carbocycles. The fraction of sp³-hybridized carbons (Fsp3) is 0.100. The highest BCUT2D eigenvalue weighted by molar-refractivity contribution is 6.32. The average Bonchev–Trinajstić information content (AvgIpc) is 3.16. The van der Waals surface area contributed by atoms with E-state index in [2.05, 4.69) is 10.5 Å². The Balaban J connectivity index is 1.51. The van der Waals surface area contributed by atoms with Crippen molar-refractivity contribution in [3.8, 4) is 17.2 Å². The molecule has 3 aromatic rings. The molecule has 0 saturated heterocycles. The normalized spacial score (nSPS) is 10.7. The van der Waals surface area contributed by atoms with Crippen LogP contribution in [0.5, 0.6) is 11.5 Å². The van der Waals surface area contributed by atoms with Crippen molar-refractivity contribution in [2.45, 2.75) is 0 Å². The molecule has 1 N–H and O–H groups in total. The maximum Gasteiger partial charge on any atom is 0.277 e. The van der Waals surface area contributed by atoms with Crippen LogP contribution in [-0.2, 0) is 4.79 Å². The predicted molar refractivity (Wildman–Crippen MR) is 105 cm³/mol. The maximum atomic E-state index is 11.8. The fourth-order valence-electron chi connectivity index (χ4n) is 2.32. The van der Waals surface area contributed by atoms with Gasteiger partial charge >= 0.3 is 0 Å². The van der Waals surface area contributed by atoms with Gasteiger partial charge in [0, 0.05) is 23.6 Å². The highest BCUT2D eigenvalue weighted by atomic mass is 35.5. The number of ether oxygens (including phenoxy) is 2. The zero-order valence-electron chi connectivity index (χ0n) is 14.6. The van der Waals surface area contributed by atoms with Crippen molar-refractivity contribution in [1.29, 1.82) is 0 Å². The predicted octanol–water partition coefficient (Wildman–Crippen LogP) is 3.67. The van der Waals surface area contributed by atoms with Crippen LogP contribution in [0.1, 0.15) is 5.56 Å². The molecule has 1 aromatic heterocycles. The lowest BCUT2D eigenvalue weighted by Crippen LogP contribution is -2.24. The number of carbonyl (C=O) groups is 1. The number of methoxy groups -OCH3 is 1. The number of hydrazone groups is 1. The van der Waals surface area contributed by atoms with Crippen molar-refractivity contribution in [1.82, 2.24) is 9.99 Å². The Bertz CT molecular complexity index is 936. The van der Waals surface area contributed by atoms with E-state index in [1.807, 2.05) is 47.3 Å². The SMILES string of the molecule is COc1ccc(-n2ccc(/C=N/NC(=O)COc3ccccc3Cl)c2)cc1. The first-order valence-electron chi connectivity index (χ1n) is 8.17. The number of rotatable bonds is 7. The number of nitrogens with zero attached hydrogens (tertiary/aromatic N) is 2. The van der Waals surface area contributed by atoms with Crippen LogP contribution in [0.3, 0.4) is 0 Å². The molecule has 3 rings (SSSR count). The Labute approximate surface area is 162 Å². The van der Waals surface area contributed by atoms with Crippen LogP contribution < -0.4 is 14.9 Å². The average molecular weight is 384 g/mol. The summed E-state index contributed by atoms with van der Waals surface area (Å²) in [5, 5.41) is 4.39. The lowest BCUT2D eigenvalue weighted by atomic mass is 10.3. The van der Waals surface area contributed by atoms with Crippen molar-refractivity contribution < 1.29 is 14.3 Å². The van der Waals surface area contributed by atoms with E-state index >= 15 is 0 Å². The Kier molecular flexibility index (Phi) is 6.12. The number of hydrogen-bond donors (Lipinski definition) is 1. The van der Waals surface area contributed by atoms with Gasteiger partial charge in [0.1, 0.15) is 11.5 Å². The number of carbonyl (C=O) groups excluding carboxylic acids is 1. The molecule has 2 aromatic carbocycles. The van der Waals surface area contributed by atoms with Gasteiger partial charge in [-0.05, 0) is 42.5 Å². The quantitative estimate of drug-likeness (QED) is 0.500. The van der Waals surface area contributed by atoms with E-state index in [4.69, 9.17) is 21.1 Å². The first-order chi connectivity index (χ1) is 13.2. The molecule has 1 amide bonds. The second-order valence-electron chi connectivity index (χ2n) is 5.56. The number of aromatic nitrogens is 1. The van der Waals surface area contributed by atoms with Crippen molar-refractivity contribution in [3.05, 3.63) is 77.6 Å². The minimum absolute atomic E-state index is 0.173. The minimum Gasteiger partial charge on any atom is -0.497 e. The molecule has 0 unspecified atom stereocenters. The summed E-state index contributed by atoms with van der Waals surface area (Å²) in [5.74, 6) is 0.880. The molecule has 138 valence electrons. The van der Waals surface area contributed by atoms with Crippen LogP contribution >= 0.6 is 11.6 Å². The second kappa shape index (κ2) is 8.91. The van der Waals surface area contributed by atoms with Crippen LogP contribution in [0.2, 0.25) is 5.02 Å². The van der Waals surface area contributed by atoms with E-state index in [0.29, 0.717) is 10.8 Å². The van der Waals surface area contributed by atoms with E-state index in [1.54, 1.807) is 37.6 Å². The topological polar surface area (TPSA) is 64.8 Å². The van der Waals surface area contributed by atoms with Gasteiger partial charge in [0.05, 0.1) is 18.3 Å². The molecular weight excluding hydrogens is 366 g/mol. The van der Waals surface area contributed by atoms with E-state index in [0.717, 1.165) is 17.0 Å². The third kappa shape index (κ3) is 5.12. The summed E-state index contributed by atoms with van der Waals surface area (Å²) >= 11 is 5.97. The molecule has 1 heterocycles. The standard InChI is InChI=1S/C20H18ClN3O3/c1-26-17-8-6-16(7-9-17)24-11-10-15(13-24)12-22-23-20(25)14-27-19-5-3-2-4-18(19)21/h2-13H,14H2,1H3,(H,23,25)/b22-12+. The summed E-state index contributed by atoms with van der Waals surface area (Å²) in [6, 6.07) is 16.5. The molecule has 0 aliphatic heterocycles. The van der Waals surface area contributed by atoms with Crippen molar-refractivity contribution >= 4 is 23.7 Å². The van der Waals surface area contributed by atoms with E-state index < -0.39 is 0 Å². The van der Waals surface area contributed by atoms with Gasteiger partial charge in [-0.1, -0.05) is 23.7 Å². The molecule has 0 spiro atoms. The molecule has 6 nitrogen and oxygen atoms in total. The Hall–Kier alpha value is -3.25. The highest BCUT2D eigenvalue weighted by Gasteiger charge is 2.04. The number of para-hydroxylation sites is 1. The summed E-state index contributed by atoms with van der Waals surface area (Å²) in [6.45, 7) is -0.173. The van der Waals surface area contributed by atoms with Crippen LogP contribution in [0.25, 0.3) is 5.69 Å². The van der Waals surface area contributed by atoms with Crippen LogP contribution in [0, 0.1) is 0 Å². The Morgan fingerprint density at radius 2 is 1.96 bits per heavy atom. The van der Waals surface area contributed by atoms with Gasteiger partial charge in [-0.15, -0.1) is 0 Å². The lowest BCUT2D eigenvalue weighted by Gasteiger charge is -2.06. The minimum atomic E-state index is -0.374.